The van der Waals surface area contributed by atoms with Crippen molar-refractivity contribution in [2.75, 3.05) is 26.2 Å². The Kier molecular flexibility index (Phi) is 6.06. The Morgan fingerprint density at radius 1 is 1.44 bits per heavy atom. The lowest BCUT2D eigenvalue weighted by molar-refractivity contribution is 0.287. The van der Waals surface area contributed by atoms with Gasteiger partial charge in [0.25, 0.3) is 0 Å². The second-order valence-corrected chi connectivity index (χ2v) is 7.12. The molecule has 5 nitrogen and oxygen atoms in total. The van der Waals surface area contributed by atoms with Crippen molar-refractivity contribution in [3.05, 3.63) is 0 Å². The molecule has 0 bridgehead atoms. The molecule has 1 unspecified atom stereocenters. The molecule has 1 fully saturated rings. The van der Waals surface area contributed by atoms with Crippen molar-refractivity contribution >= 4 is 10.0 Å². The molecule has 1 N–H and O–H groups in total. The third-order valence-corrected chi connectivity index (χ3v) is 5.43. The highest BCUT2D eigenvalue weighted by molar-refractivity contribution is 7.89. The van der Waals surface area contributed by atoms with Crippen molar-refractivity contribution in [3.63, 3.8) is 0 Å². The maximum absolute atomic E-state index is 12.2. The van der Waals surface area contributed by atoms with E-state index in [-0.39, 0.29) is 0 Å². The van der Waals surface area contributed by atoms with Crippen molar-refractivity contribution in [3.8, 4) is 6.07 Å². The zero-order valence-corrected chi connectivity index (χ0v) is 12.0. The molecule has 0 amide bonds. The predicted molar refractivity (Wildman–Crippen MR) is 71.5 cm³/mol. The van der Waals surface area contributed by atoms with Crippen molar-refractivity contribution < 1.29 is 8.42 Å². The fourth-order valence-electron chi connectivity index (χ4n) is 2.21. The van der Waals surface area contributed by atoms with Gasteiger partial charge in [0, 0.05) is 13.1 Å². The summed E-state index contributed by atoms with van der Waals surface area (Å²) in [5.41, 5.74) is 0. The first-order valence-electron chi connectivity index (χ1n) is 6.61. The van der Waals surface area contributed by atoms with E-state index in [1.54, 1.807) is 0 Å². The summed E-state index contributed by atoms with van der Waals surface area (Å²) in [5.74, 6) is 0.415. The van der Waals surface area contributed by atoms with E-state index < -0.39 is 15.3 Å². The van der Waals surface area contributed by atoms with E-state index in [9.17, 15) is 8.42 Å². The van der Waals surface area contributed by atoms with Gasteiger partial charge in [-0.05, 0) is 45.2 Å². The minimum Gasteiger partial charge on any atom is -0.317 e. The molecule has 1 rings (SSSR count). The summed E-state index contributed by atoms with van der Waals surface area (Å²) in [6.45, 7) is 6.40. The number of nitrogens with one attached hydrogen (secondary N) is 1. The van der Waals surface area contributed by atoms with Gasteiger partial charge in [0.15, 0.2) is 5.25 Å². The van der Waals surface area contributed by atoms with E-state index in [1.165, 1.54) is 11.2 Å². The quantitative estimate of drug-likeness (QED) is 0.781. The molecular formula is C12H23N3O2S. The zero-order valence-electron chi connectivity index (χ0n) is 11.2. The summed E-state index contributed by atoms with van der Waals surface area (Å²) in [6, 6.07) is 1.84. The van der Waals surface area contributed by atoms with Crippen LogP contribution in [0.1, 0.15) is 33.1 Å². The van der Waals surface area contributed by atoms with Crippen LogP contribution in [0.15, 0.2) is 0 Å². The molecule has 1 heterocycles. The Bertz CT molecular complexity index is 383. The summed E-state index contributed by atoms with van der Waals surface area (Å²) in [6.07, 6.45) is 2.80. The van der Waals surface area contributed by atoms with Gasteiger partial charge in [-0.3, -0.25) is 0 Å². The molecular weight excluding hydrogens is 250 g/mol. The van der Waals surface area contributed by atoms with E-state index >= 15 is 0 Å². The summed E-state index contributed by atoms with van der Waals surface area (Å²) >= 11 is 0. The average Bonchev–Trinajstić information content (AvgIpc) is 2.38. The Labute approximate surface area is 110 Å². The third kappa shape index (κ3) is 3.94. The summed E-state index contributed by atoms with van der Waals surface area (Å²) in [4.78, 5) is 0. The molecule has 0 aliphatic carbocycles. The Morgan fingerprint density at radius 3 is 2.56 bits per heavy atom. The standard InChI is InChI=1S/C12H23N3O2S/c1-3-8-15(18(16,17)11(2)9-13)10-12-4-6-14-7-5-12/h11-12,14H,3-8,10H2,1-2H3. The van der Waals surface area contributed by atoms with Gasteiger partial charge in [-0.1, -0.05) is 6.92 Å². The molecule has 1 aliphatic heterocycles. The Hall–Kier alpha value is -0.640. The molecule has 0 aromatic heterocycles. The van der Waals surface area contributed by atoms with Gasteiger partial charge in [0.1, 0.15) is 0 Å². The van der Waals surface area contributed by atoms with Crippen LogP contribution < -0.4 is 5.32 Å². The van der Waals surface area contributed by atoms with Crippen LogP contribution in [0.3, 0.4) is 0 Å². The molecule has 104 valence electrons. The number of hydrogen-bond acceptors (Lipinski definition) is 4. The molecule has 0 aromatic carbocycles. The minimum absolute atomic E-state index is 0.415. The molecule has 0 saturated carbocycles. The van der Waals surface area contributed by atoms with Crippen molar-refractivity contribution in [2.45, 2.75) is 38.4 Å². The van der Waals surface area contributed by atoms with Crippen molar-refractivity contribution in [2.24, 2.45) is 5.92 Å². The number of rotatable bonds is 6. The SMILES string of the molecule is CCCN(CC1CCNCC1)S(=O)(=O)C(C)C#N. The summed E-state index contributed by atoms with van der Waals surface area (Å²) in [7, 11) is -3.46. The predicted octanol–water partition coefficient (Wildman–Crippen LogP) is 0.940. The monoisotopic (exact) mass is 273 g/mol. The van der Waals surface area contributed by atoms with Crippen LogP contribution >= 0.6 is 0 Å². The van der Waals surface area contributed by atoms with Gasteiger partial charge in [-0.15, -0.1) is 0 Å². The zero-order chi connectivity index (χ0) is 13.6. The summed E-state index contributed by atoms with van der Waals surface area (Å²) < 4.78 is 25.9. The number of sulfonamides is 1. The van der Waals surface area contributed by atoms with Gasteiger partial charge >= 0.3 is 0 Å². The number of nitrogens with zero attached hydrogens (tertiary/aromatic N) is 2. The molecule has 0 aromatic rings. The topological polar surface area (TPSA) is 73.2 Å². The number of hydrogen-bond donors (Lipinski definition) is 1. The van der Waals surface area contributed by atoms with Crippen LogP contribution in [0, 0.1) is 17.2 Å². The van der Waals surface area contributed by atoms with Crippen LogP contribution in [0.5, 0.6) is 0 Å². The average molecular weight is 273 g/mol. The maximum atomic E-state index is 12.2. The second kappa shape index (κ2) is 7.07. The molecule has 0 radical (unpaired) electrons. The first kappa shape index (κ1) is 15.4. The van der Waals surface area contributed by atoms with Gasteiger partial charge in [-0.25, -0.2) is 12.7 Å². The van der Waals surface area contributed by atoms with E-state index in [0.717, 1.165) is 32.4 Å². The van der Waals surface area contributed by atoms with Crippen LogP contribution in [0.2, 0.25) is 0 Å². The van der Waals surface area contributed by atoms with E-state index in [2.05, 4.69) is 5.32 Å². The largest absolute Gasteiger partial charge is 0.317 e. The molecule has 1 saturated heterocycles. The Morgan fingerprint density at radius 2 is 2.06 bits per heavy atom. The fraction of sp³-hybridized carbons (Fsp3) is 0.917. The van der Waals surface area contributed by atoms with E-state index in [0.29, 0.717) is 19.0 Å². The van der Waals surface area contributed by atoms with Crippen LogP contribution in [-0.4, -0.2) is 44.2 Å². The minimum atomic E-state index is -3.46. The molecule has 6 heteroatoms. The lowest BCUT2D eigenvalue weighted by Gasteiger charge is -2.30. The number of nitriles is 1. The lowest BCUT2D eigenvalue weighted by Crippen LogP contribution is -2.42. The van der Waals surface area contributed by atoms with Crippen molar-refractivity contribution in [1.29, 1.82) is 5.26 Å². The lowest BCUT2D eigenvalue weighted by atomic mass is 9.98. The third-order valence-electron chi connectivity index (χ3n) is 3.38. The van der Waals surface area contributed by atoms with E-state index in [4.69, 9.17) is 5.26 Å². The Balaban J connectivity index is 2.72. The van der Waals surface area contributed by atoms with Crippen LogP contribution in [0.4, 0.5) is 0 Å². The maximum Gasteiger partial charge on any atom is 0.230 e. The molecule has 1 atom stereocenters. The highest BCUT2D eigenvalue weighted by Gasteiger charge is 2.30. The van der Waals surface area contributed by atoms with Gasteiger partial charge in [0.2, 0.25) is 10.0 Å². The number of piperidine rings is 1. The molecule has 0 spiro atoms. The van der Waals surface area contributed by atoms with E-state index in [1.807, 2.05) is 13.0 Å². The molecule has 1 aliphatic rings. The van der Waals surface area contributed by atoms with Gasteiger partial charge in [-0.2, -0.15) is 5.26 Å². The van der Waals surface area contributed by atoms with Crippen LogP contribution in [-0.2, 0) is 10.0 Å². The second-order valence-electron chi connectivity index (χ2n) is 4.87. The molecule has 18 heavy (non-hydrogen) atoms. The van der Waals surface area contributed by atoms with Crippen molar-refractivity contribution in [1.82, 2.24) is 9.62 Å². The fourth-order valence-corrected chi connectivity index (χ4v) is 3.65. The highest BCUT2D eigenvalue weighted by atomic mass is 32.2. The van der Waals surface area contributed by atoms with Crippen LogP contribution in [0.25, 0.3) is 0 Å². The summed E-state index contributed by atoms with van der Waals surface area (Å²) in [5, 5.41) is 11.1. The normalized spacial score (nSPS) is 19.7. The van der Waals surface area contributed by atoms with Gasteiger partial charge in [0.05, 0.1) is 6.07 Å². The first-order valence-corrected chi connectivity index (χ1v) is 8.12. The first-order chi connectivity index (χ1) is 8.52. The smallest absolute Gasteiger partial charge is 0.230 e. The highest BCUT2D eigenvalue weighted by Crippen LogP contribution is 2.18. The van der Waals surface area contributed by atoms with Gasteiger partial charge < -0.3 is 5.32 Å².